The smallest absolute Gasteiger partial charge is 0.0591 e. The number of hydrogen-bond acceptors (Lipinski definition) is 2. The molecule has 29 heavy (non-hydrogen) atoms. The molecule has 0 spiro atoms. The molecule has 3 rings (SSSR count). The van der Waals surface area contributed by atoms with Crippen molar-refractivity contribution in [2.45, 2.75) is 110 Å². The van der Waals surface area contributed by atoms with E-state index in [1.54, 1.807) is 5.57 Å². The van der Waals surface area contributed by atoms with Gasteiger partial charge in [-0.1, -0.05) is 56.6 Å². The molecular formula is C27H44O2. The zero-order valence-electron chi connectivity index (χ0n) is 19.3. The van der Waals surface area contributed by atoms with E-state index in [0.717, 1.165) is 49.9 Å². The fourth-order valence-electron chi connectivity index (χ4n) is 6.67. The molecule has 0 aromatic heterocycles. The molecule has 1 unspecified atom stereocenters. The molecule has 5 atom stereocenters. The van der Waals surface area contributed by atoms with Crippen LogP contribution in [0.5, 0.6) is 0 Å². The van der Waals surface area contributed by atoms with Crippen LogP contribution in [0.15, 0.2) is 35.5 Å². The fraction of sp³-hybridized carbons (Fsp3) is 0.778. The first-order chi connectivity index (χ1) is 13.6. The fourth-order valence-corrected chi connectivity index (χ4v) is 6.67. The molecule has 3 aliphatic rings. The van der Waals surface area contributed by atoms with Crippen molar-refractivity contribution in [3.8, 4) is 0 Å². The van der Waals surface area contributed by atoms with Gasteiger partial charge in [0.15, 0.2) is 0 Å². The molecule has 2 N–H and O–H groups in total. The Hall–Kier alpha value is -0.860. The molecule has 2 nitrogen and oxygen atoms in total. The molecule has 3 aliphatic carbocycles. The lowest BCUT2D eigenvalue weighted by atomic mass is 9.60. The third-order valence-electron chi connectivity index (χ3n) is 8.36. The summed E-state index contributed by atoms with van der Waals surface area (Å²) < 4.78 is 0. The molecule has 0 aromatic carbocycles. The Morgan fingerprint density at radius 2 is 1.97 bits per heavy atom. The molecule has 0 saturated heterocycles. The van der Waals surface area contributed by atoms with Gasteiger partial charge in [-0.15, -0.1) is 0 Å². The molecule has 0 aliphatic heterocycles. The van der Waals surface area contributed by atoms with Gasteiger partial charge in [0.2, 0.25) is 0 Å². The van der Waals surface area contributed by atoms with Crippen LogP contribution in [0.1, 0.15) is 98.3 Å². The van der Waals surface area contributed by atoms with E-state index in [2.05, 4.69) is 32.6 Å². The standard InChI is InChI=1S/C27H44O2/c1-19-10-13-23(28)18-22(19)12-11-21-9-7-17-27(5)24(14-15-25(21)27)20(2)8-6-16-26(3,4)29/h11-12,20,23-25,28-29H,1,6-10,13-18H2,2-5H3/t20?,23-,24+,25-,27+/m0/s1. The molecule has 0 amide bonds. The van der Waals surface area contributed by atoms with E-state index in [0.29, 0.717) is 5.41 Å². The van der Waals surface area contributed by atoms with E-state index >= 15 is 0 Å². The number of rotatable bonds is 6. The van der Waals surface area contributed by atoms with Gasteiger partial charge in [0.25, 0.3) is 0 Å². The minimum absolute atomic E-state index is 0.192. The Morgan fingerprint density at radius 1 is 1.21 bits per heavy atom. The van der Waals surface area contributed by atoms with Crippen molar-refractivity contribution >= 4 is 0 Å². The van der Waals surface area contributed by atoms with Crippen LogP contribution in [0, 0.1) is 23.2 Å². The van der Waals surface area contributed by atoms with Crippen molar-refractivity contribution < 1.29 is 10.2 Å². The largest absolute Gasteiger partial charge is 0.393 e. The first-order valence-electron chi connectivity index (χ1n) is 12.1. The van der Waals surface area contributed by atoms with Crippen molar-refractivity contribution in [2.24, 2.45) is 23.2 Å². The second-order valence-electron chi connectivity index (χ2n) is 11.2. The molecule has 0 heterocycles. The Labute approximate surface area is 179 Å². The minimum Gasteiger partial charge on any atom is -0.393 e. The zero-order valence-corrected chi connectivity index (χ0v) is 19.3. The van der Waals surface area contributed by atoms with Crippen LogP contribution in [0.25, 0.3) is 0 Å². The average molecular weight is 401 g/mol. The summed E-state index contributed by atoms with van der Waals surface area (Å²) in [6, 6.07) is 0. The molecule has 0 radical (unpaired) electrons. The van der Waals surface area contributed by atoms with Gasteiger partial charge in [0, 0.05) is 0 Å². The number of aliphatic hydroxyl groups is 2. The van der Waals surface area contributed by atoms with Crippen molar-refractivity contribution in [2.75, 3.05) is 0 Å². The van der Waals surface area contributed by atoms with Crippen LogP contribution in [-0.2, 0) is 0 Å². The maximum absolute atomic E-state index is 10.0. The summed E-state index contributed by atoms with van der Waals surface area (Å²) in [5.41, 5.74) is 4.02. The lowest BCUT2D eigenvalue weighted by Gasteiger charge is -2.44. The highest BCUT2D eigenvalue weighted by molar-refractivity contribution is 5.36. The van der Waals surface area contributed by atoms with Crippen molar-refractivity contribution in [3.05, 3.63) is 35.5 Å². The summed E-state index contributed by atoms with van der Waals surface area (Å²) in [6.07, 6.45) is 16.9. The predicted molar refractivity (Wildman–Crippen MR) is 123 cm³/mol. The van der Waals surface area contributed by atoms with Crippen LogP contribution < -0.4 is 0 Å². The van der Waals surface area contributed by atoms with Crippen LogP contribution in [-0.4, -0.2) is 21.9 Å². The Bertz CT molecular complexity index is 650. The molecular weight excluding hydrogens is 356 g/mol. The zero-order chi connectivity index (χ0) is 21.2. The van der Waals surface area contributed by atoms with E-state index in [-0.39, 0.29) is 6.10 Å². The van der Waals surface area contributed by atoms with E-state index in [4.69, 9.17) is 0 Å². The van der Waals surface area contributed by atoms with E-state index in [9.17, 15) is 10.2 Å². The van der Waals surface area contributed by atoms with Gasteiger partial charge in [-0.3, -0.25) is 0 Å². The lowest BCUT2D eigenvalue weighted by Crippen LogP contribution is -2.36. The Morgan fingerprint density at radius 3 is 2.69 bits per heavy atom. The van der Waals surface area contributed by atoms with E-state index in [1.807, 2.05) is 13.8 Å². The highest BCUT2D eigenvalue weighted by atomic mass is 16.3. The van der Waals surface area contributed by atoms with E-state index in [1.165, 1.54) is 49.7 Å². The third-order valence-corrected chi connectivity index (χ3v) is 8.36. The van der Waals surface area contributed by atoms with Gasteiger partial charge in [-0.2, -0.15) is 0 Å². The van der Waals surface area contributed by atoms with Crippen molar-refractivity contribution in [1.29, 1.82) is 0 Å². The summed E-state index contributed by atoms with van der Waals surface area (Å²) >= 11 is 0. The SMILES string of the molecule is C=C1CC[C@H](O)CC1=CC=C1CCC[C@]2(C)[C@@H](C(C)CCCC(C)(C)O)CC[C@@H]12. The summed E-state index contributed by atoms with van der Waals surface area (Å²) in [6.45, 7) is 13.1. The average Bonchev–Trinajstić information content (AvgIpc) is 2.99. The monoisotopic (exact) mass is 400 g/mol. The van der Waals surface area contributed by atoms with Crippen LogP contribution >= 0.6 is 0 Å². The van der Waals surface area contributed by atoms with E-state index < -0.39 is 5.60 Å². The molecule has 0 bridgehead atoms. The van der Waals surface area contributed by atoms with Gasteiger partial charge in [-0.05, 0) is 100 Å². The summed E-state index contributed by atoms with van der Waals surface area (Å²) in [5, 5.41) is 20.1. The lowest BCUT2D eigenvalue weighted by molar-refractivity contribution is 0.0596. The summed E-state index contributed by atoms with van der Waals surface area (Å²) in [4.78, 5) is 0. The maximum Gasteiger partial charge on any atom is 0.0591 e. The van der Waals surface area contributed by atoms with Gasteiger partial charge in [-0.25, -0.2) is 0 Å². The van der Waals surface area contributed by atoms with Crippen LogP contribution in [0.4, 0.5) is 0 Å². The normalized spacial score (nSPS) is 37.2. The van der Waals surface area contributed by atoms with Crippen LogP contribution in [0.2, 0.25) is 0 Å². The molecule has 164 valence electrons. The van der Waals surface area contributed by atoms with Crippen molar-refractivity contribution in [1.82, 2.24) is 0 Å². The summed E-state index contributed by atoms with van der Waals surface area (Å²) in [7, 11) is 0. The topological polar surface area (TPSA) is 40.5 Å². The second kappa shape index (κ2) is 9.10. The maximum atomic E-state index is 10.0. The number of hydrogen-bond donors (Lipinski definition) is 2. The van der Waals surface area contributed by atoms with Gasteiger partial charge < -0.3 is 10.2 Å². The molecule has 3 saturated carbocycles. The molecule has 3 fully saturated rings. The predicted octanol–water partition coefficient (Wildman–Crippen LogP) is 6.73. The quantitative estimate of drug-likeness (QED) is 0.518. The summed E-state index contributed by atoms with van der Waals surface area (Å²) in [5.74, 6) is 2.26. The number of allylic oxidation sites excluding steroid dienone is 4. The van der Waals surface area contributed by atoms with Gasteiger partial charge in [0.1, 0.15) is 0 Å². The number of fused-ring (bicyclic) bond motifs is 1. The minimum atomic E-state index is -0.535. The highest BCUT2D eigenvalue weighted by Crippen LogP contribution is 2.60. The van der Waals surface area contributed by atoms with Gasteiger partial charge >= 0.3 is 0 Å². The Kier molecular flexibility index (Phi) is 7.16. The molecule has 2 heteroatoms. The van der Waals surface area contributed by atoms with Crippen molar-refractivity contribution in [3.63, 3.8) is 0 Å². The Balaban J connectivity index is 1.68. The third kappa shape index (κ3) is 5.44. The van der Waals surface area contributed by atoms with Gasteiger partial charge in [0.05, 0.1) is 11.7 Å². The molecule has 0 aromatic rings. The second-order valence-corrected chi connectivity index (χ2v) is 11.2. The first kappa shape index (κ1) is 22.8. The first-order valence-corrected chi connectivity index (χ1v) is 12.1. The number of aliphatic hydroxyl groups excluding tert-OH is 1. The highest BCUT2D eigenvalue weighted by Gasteiger charge is 2.50. The van der Waals surface area contributed by atoms with Crippen LogP contribution in [0.3, 0.4) is 0 Å².